The molecule has 0 spiro atoms. The molecule has 1 aromatic rings. The molecule has 3 N–H and O–H groups in total. The summed E-state index contributed by atoms with van der Waals surface area (Å²) in [5, 5.41) is 18.6. The first kappa shape index (κ1) is 27.1. The molecule has 4 aliphatic rings. The molecular formula is C26H32ClF2N5O3. The monoisotopic (exact) mass is 535 g/mol. The summed E-state index contributed by atoms with van der Waals surface area (Å²) in [4.78, 5) is 40.5. The molecule has 3 saturated heterocycles. The van der Waals surface area contributed by atoms with Crippen LogP contribution in [0.5, 0.6) is 0 Å². The van der Waals surface area contributed by atoms with Crippen LogP contribution >= 0.6 is 11.6 Å². The molecule has 0 unspecified atom stereocenters. The number of alkyl halides is 2. The molecule has 1 aliphatic carbocycles. The first-order chi connectivity index (χ1) is 17.5. The lowest BCUT2D eigenvalue weighted by molar-refractivity contribution is -0.194. The Morgan fingerprint density at radius 1 is 1.32 bits per heavy atom. The molecule has 6 atom stereocenters. The molecule has 0 radical (unpaired) electrons. The van der Waals surface area contributed by atoms with E-state index in [4.69, 9.17) is 11.6 Å². The lowest BCUT2D eigenvalue weighted by Crippen LogP contribution is -2.70. The Balaban J connectivity index is 1.54. The molecule has 8 nitrogen and oxygen atoms in total. The average molecular weight is 536 g/mol. The zero-order valence-electron chi connectivity index (χ0n) is 20.9. The lowest BCUT2D eigenvalue weighted by Gasteiger charge is -2.54. The van der Waals surface area contributed by atoms with Crippen LogP contribution in [0.3, 0.4) is 0 Å². The molecule has 1 aromatic carbocycles. The van der Waals surface area contributed by atoms with Gasteiger partial charge < -0.3 is 20.9 Å². The number of halogens is 3. The number of carbonyl (C=O) groups is 3. The van der Waals surface area contributed by atoms with Crippen molar-refractivity contribution in [2.75, 3.05) is 11.9 Å². The number of rotatable bonds is 7. The summed E-state index contributed by atoms with van der Waals surface area (Å²) >= 11 is 6.19. The van der Waals surface area contributed by atoms with Crippen LogP contribution in [0, 0.1) is 30.1 Å². The van der Waals surface area contributed by atoms with Crippen molar-refractivity contribution in [3.63, 3.8) is 0 Å². The summed E-state index contributed by atoms with van der Waals surface area (Å²) in [6.45, 7) is 3.99. The van der Waals surface area contributed by atoms with E-state index in [9.17, 15) is 28.4 Å². The minimum atomic E-state index is -3.10. The number of amides is 3. The summed E-state index contributed by atoms with van der Waals surface area (Å²) in [6, 6.07) is 3.18. The maximum absolute atomic E-state index is 15.0. The number of hydrogen-bond donors (Lipinski definition) is 3. The predicted molar refractivity (Wildman–Crippen MR) is 134 cm³/mol. The first-order valence-electron chi connectivity index (χ1n) is 12.7. The maximum atomic E-state index is 15.0. The number of hydrogen-bond acceptors (Lipinski definition) is 5. The molecule has 3 heterocycles. The summed E-state index contributed by atoms with van der Waals surface area (Å²) in [7, 11) is 0. The summed E-state index contributed by atoms with van der Waals surface area (Å²) < 4.78 is 29.9. The zero-order chi connectivity index (χ0) is 26.9. The van der Waals surface area contributed by atoms with Crippen LogP contribution in [-0.2, 0) is 14.4 Å². The third-order valence-corrected chi connectivity index (χ3v) is 8.27. The summed E-state index contributed by atoms with van der Waals surface area (Å²) in [6.07, 6.45) is 1.42. The second-order valence-corrected chi connectivity index (χ2v) is 10.7. The lowest BCUT2D eigenvalue weighted by atomic mass is 9.71. The van der Waals surface area contributed by atoms with Gasteiger partial charge in [-0.15, -0.1) is 0 Å². The fourth-order valence-corrected chi connectivity index (χ4v) is 6.03. The molecule has 3 aliphatic heterocycles. The third kappa shape index (κ3) is 5.52. The Hall–Kier alpha value is -2.93. The van der Waals surface area contributed by atoms with Crippen LogP contribution in [0.25, 0.3) is 0 Å². The van der Waals surface area contributed by atoms with Crippen molar-refractivity contribution in [2.24, 2.45) is 11.8 Å². The van der Waals surface area contributed by atoms with Crippen molar-refractivity contribution >= 4 is 35.0 Å². The first-order valence-corrected chi connectivity index (χ1v) is 13.1. The Kier molecular flexibility index (Phi) is 7.93. The Morgan fingerprint density at radius 2 is 2.08 bits per heavy atom. The van der Waals surface area contributed by atoms with E-state index < -0.39 is 60.2 Å². The Bertz CT molecular complexity index is 1110. The van der Waals surface area contributed by atoms with E-state index in [2.05, 4.69) is 16.0 Å². The van der Waals surface area contributed by atoms with Gasteiger partial charge in [-0.3, -0.25) is 14.4 Å². The number of anilines is 1. The van der Waals surface area contributed by atoms with Crippen molar-refractivity contribution in [2.45, 2.75) is 82.5 Å². The smallest absolute Gasteiger partial charge is 0.255 e. The van der Waals surface area contributed by atoms with Gasteiger partial charge in [-0.05, 0) is 63.6 Å². The number of fused-ring (bicyclic) bond motifs is 3. The van der Waals surface area contributed by atoms with Crippen LogP contribution in [0.2, 0.25) is 5.02 Å². The Morgan fingerprint density at radius 3 is 2.76 bits per heavy atom. The van der Waals surface area contributed by atoms with E-state index in [1.165, 1.54) is 4.90 Å². The molecule has 2 bridgehead atoms. The fraction of sp³-hybridized carbons (Fsp3) is 0.615. The predicted octanol–water partition coefficient (Wildman–Crippen LogP) is 3.39. The fourth-order valence-electron chi connectivity index (χ4n) is 5.85. The van der Waals surface area contributed by atoms with Crippen LogP contribution in [0.15, 0.2) is 18.2 Å². The van der Waals surface area contributed by atoms with E-state index in [1.807, 2.05) is 6.07 Å². The number of nitrogens with zero attached hydrogens (tertiary/aromatic N) is 2. The van der Waals surface area contributed by atoms with E-state index in [1.54, 1.807) is 32.0 Å². The van der Waals surface area contributed by atoms with Gasteiger partial charge in [0, 0.05) is 35.6 Å². The van der Waals surface area contributed by atoms with Crippen LogP contribution in [0.4, 0.5) is 14.5 Å². The zero-order valence-corrected chi connectivity index (χ0v) is 21.7. The SMILES string of the molecule is Cc1c(Cl)cccc1N[C@H](C)C(=O)N1[C@H]2CC[C@@H]([C@H]1C(=O)N[C@H](C#N)C[C@@H]1CCCNC1=O)C(F)(F)C2. The highest BCUT2D eigenvalue weighted by Crippen LogP contribution is 2.49. The van der Waals surface area contributed by atoms with Gasteiger partial charge in [-0.1, -0.05) is 17.7 Å². The van der Waals surface area contributed by atoms with Gasteiger partial charge in [0.25, 0.3) is 5.92 Å². The minimum absolute atomic E-state index is 0.0885. The normalized spacial score (nSPS) is 28.0. The van der Waals surface area contributed by atoms with Crippen molar-refractivity contribution in [1.82, 2.24) is 15.5 Å². The van der Waals surface area contributed by atoms with Crippen LogP contribution in [0.1, 0.15) is 51.0 Å². The van der Waals surface area contributed by atoms with Gasteiger partial charge >= 0.3 is 0 Å². The molecule has 4 fully saturated rings. The topological polar surface area (TPSA) is 114 Å². The second-order valence-electron chi connectivity index (χ2n) is 10.3. The molecular weight excluding hydrogens is 504 g/mol. The minimum Gasteiger partial charge on any atom is -0.374 e. The summed E-state index contributed by atoms with van der Waals surface area (Å²) in [5.41, 5.74) is 1.38. The van der Waals surface area contributed by atoms with Gasteiger partial charge in [-0.25, -0.2) is 8.78 Å². The van der Waals surface area contributed by atoms with E-state index in [0.717, 1.165) is 12.0 Å². The molecule has 11 heteroatoms. The van der Waals surface area contributed by atoms with Gasteiger partial charge in [-0.2, -0.15) is 5.26 Å². The highest BCUT2D eigenvalue weighted by Gasteiger charge is 2.60. The van der Waals surface area contributed by atoms with Crippen LogP contribution < -0.4 is 16.0 Å². The molecule has 5 rings (SSSR count). The van der Waals surface area contributed by atoms with E-state index in [0.29, 0.717) is 30.1 Å². The second kappa shape index (κ2) is 10.8. The van der Waals surface area contributed by atoms with Crippen LogP contribution in [-0.4, -0.2) is 59.3 Å². The quantitative estimate of drug-likeness (QED) is 0.495. The van der Waals surface area contributed by atoms with Gasteiger partial charge in [0.05, 0.1) is 12.0 Å². The molecule has 1 saturated carbocycles. The standard InChI is InChI=1S/C26H32ClF2N5O3/c1-14-20(27)6-3-7-21(14)32-15(2)25(37)34-18-8-9-19(26(28,29)12-18)22(34)24(36)33-17(13-30)11-16-5-4-10-31-23(16)35/h3,6-7,15-19,22,32H,4-5,8-12H2,1-2H3,(H,31,35)(H,33,36)/t15-,16+,17+,18+,19+,22+/m1/s1. The maximum Gasteiger partial charge on any atom is 0.255 e. The number of nitriles is 1. The summed E-state index contributed by atoms with van der Waals surface area (Å²) in [5.74, 6) is -6.32. The molecule has 37 heavy (non-hydrogen) atoms. The molecule has 200 valence electrons. The van der Waals surface area contributed by atoms with Gasteiger partial charge in [0.15, 0.2) is 0 Å². The molecule has 0 aromatic heterocycles. The van der Waals surface area contributed by atoms with Gasteiger partial charge in [0.1, 0.15) is 18.1 Å². The average Bonchev–Trinajstić information content (AvgIpc) is 2.86. The van der Waals surface area contributed by atoms with E-state index in [-0.39, 0.29) is 18.7 Å². The highest BCUT2D eigenvalue weighted by molar-refractivity contribution is 6.31. The third-order valence-electron chi connectivity index (χ3n) is 7.86. The number of benzene rings is 1. The van der Waals surface area contributed by atoms with Gasteiger partial charge in [0.2, 0.25) is 17.7 Å². The largest absolute Gasteiger partial charge is 0.374 e. The number of piperidine rings is 3. The highest BCUT2D eigenvalue weighted by atomic mass is 35.5. The van der Waals surface area contributed by atoms with Crippen molar-refractivity contribution in [1.29, 1.82) is 5.26 Å². The van der Waals surface area contributed by atoms with Crippen molar-refractivity contribution in [3.05, 3.63) is 28.8 Å². The van der Waals surface area contributed by atoms with Crippen molar-refractivity contribution in [3.8, 4) is 6.07 Å². The molecule has 3 amide bonds. The van der Waals surface area contributed by atoms with Crippen molar-refractivity contribution < 1.29 is 23.2 Å². The number of nitrogens with one attached hydrogen (secondary N) is 3. The Labute approximate surface area is 220 Å². The van der Waals surface area contributed by atoms with E-state index >= 15 is 0 Å². The number of carbonyl (C=O) groups excluding carboxylic acids is 3.